The van der Waals surface area contributed by atoms with Crippen molar-refractivity contribution < 1.29 is 14.3 Å². The van der Waals surface area contributed by atoms with Gasteiger partial charge in [-0.25, -0.2) is 14.6 Å². The minimum Gasteiger partial charge on any atom is -0.465 e. The number of fused-ring (bicyclic) bond motifs is 1. The van der Waals surface area contributed by atoms with Gasteiger partial charge in [0.05, 0.1) is 18.1 Å². The number of methoxy groups -OCH3 is 1. The van der Waals surface area contributed by atoms with Gasteiger partial charge in [0.2, 0.25) is 5.91 Å². The molecule has 4 rings (SSSR count). The zero-order valence-electron chi connectivity index (χ0n) is 17.6. The molecule has 1 aromatic carbocycles. The number of hydrogen-bond acceptors (Lipinski definition) is 6. The van der Waals surface area contributed by atoms with Crippen LogP contribution in [0.1, 0.15) is 40.4 Å². The van der Waals surface area contributed by atoms with Crippen LogP contribution in [0.3, 0.4) is 0 Å². The quantitative estimate of drug-likeness (QED) is 0.565. The van der Waals surface area contributed by atoms with E-state index in [-0.39, 0.29) is 29.1 Å². The summed E-state index contributed by atoms with van der Waals surface area (Å²) in [6.45, 7) is -0.377. The number of carbonyl (C=O) groups excluding carboxylic acids is 2. The maximum absolute atomic E-state index is 13.2. The van der Waals surface area contributed by atoms with Gasteiger partial charge in [-0.2, -0.15) is 0 Å². The van der Waals surface area contributed by atoms with E-state index < -0.39 is 29.7 Å². The van der Waals surface area contributed by atoms with Crippen molar-refractivity contribution in [2.45, 2.75) is 31.8 Å². The number of ether oxygens (including phenoxy) is 1. The third-order valence-corrected chi connectivity index (χ3v) is 5.82. The van der Waals surface area contributed by atoms with E-state index in [1.807, 2.05) is 0 Å². The Balaban J connectivity index is 1.73. The first-order valence-electron chi connectivity index (χ1n) is 10.0. The molecule has 2 heterocycles. The third kappa shape index (κ3) is 4.03. The van der Waals surface area contributed by atoms with Gasteiger partial charge < -0.3 is 10.1 Å². The van der Waals surface area contributed by atoms with E-state index in [0.717, 1.165) is 17.4 Å². The van der Waals surface area contributed by atoms with E-state index in [1.165, 1.54) is 18.7 Å². The zero-order valence-corrected chi connectivity index (χ0v) is 18.3. The number of aryl methyl sites for hydroxylation is 1. The third-order valence-electron chi connectivity index (χ3n) is 5.45. The van der Waals surface area contributed by atoms with Gasteiger partial charge in [0.1, 0.15) is 12.2 Å². The SMILES string of the molecule is COC(=O)c1cc(C2CC2)nc2c1c(=O)n(CC(=O)NCc1ccccc1Cl)c(=O)n2C. The van der Waals surface area contributed by atoms with Crippen LogP contribution in [-0.4, -0.2) is 33.1 Å². The van der Waals surface area contributed by atoms with E-state index in [9.17, 15) is 19.2 Å². The monoisotopic (exact) mass is 456 g/mol. The van der Waals surface area contributed by atoms with Crippen LogP contribution >= 0.6 is 11.6 Å². The number of hydrogen-bond donors (Lipinski definition) is 1. The van der Waals surface area contributed by atoms with Crippen LogP contribution in [0.15, 0.2) is 39.9 Å². The molecule has 1 fully saturated rings. The van der Waals surface area contributed by atoms with Gasteiger partial charge in [0.25, 0.3) is 5.56 Å². The Bertz CT molecular complexity index is 1360. The number of pyridine rings is 1. The van der Waals surface area contributed by atoms with Gasteiger partial charge in [-0.15, -0.1) is 0 Å². The summed E-state index contributed by atoms with van der Waals surface area (Å²) in [5.41, 5.74) is -0.00533. The molecule has 3 aromatic rings. The van der Waals surface area contributed by atoms with Crippen LogP contribution in [0.5, 0.6) is 0 Å². The first kappa shape index (κ1) is 21.8. The van der Waals surface area contributed by atoms with Crippen molar-refractivity contribution >= 4 is 34.5 Å². The Kier molecular flexibility index (Phi) is 5.84. The van der Waals surface area contributed by atoms with Crippen molar-refractivity contribution in [3.63, 3.8) is 0 Å². The molecule has 1 amide bonds. The van der Waals surface area contributed by atoms with Crippen molar-refractivity contribution in [2.75, 3.05) is 7.11 Å². The fourth-order valence-electron chi connectivity index (χ4n) is 3.53. The normalized spacial score (nSPS) is 13.2. The molecule has 0 radical (unpaired) electrons. The molecule has 0 atom stereocenters. The van der Waals surface area contributed by atoms with Gasteiger partial charge in [-0.05, 0) is 30.5 Å². The largest absolute Gasteiger partial charge is 0.465 e. The molecule has 10 heteroatoms. The van der Waals surface area contributed by atoms with Gasteiger partial charge in [-0.3, -0.25) is 18.7 Å². The molecule has 32 heavy (non-hydrogen) atoms. The molecule has 1 N–H and O–H groups in total. The number of halogens is 1. The molecule has 1 aliphatic carbocycles. The van der Waals surface area contributed by atoms with E-state index in [2.05, 4.69) is 10.3 Å². The number of esters is 1. The standard InChI is InChI=1S/C22H21ClN4O5/c1-26-19-18(14(21(30)32-2)9-16(25-19)12-7-8-12)20(29)27(22(26)31)11-17(28)24-10-13-5-3-4-6-15(13)23/h3-6,9,12H,7-8,10-11H2,1-2H3,(H,24,28). The Morgan fingerprint density at radius 2 is 1.97 bits per heavy atom. The smallest absolute Gasteiger partial charge is 0.338 e. The maximum atomic E-state index is 13.2. The summed E-state index contributed by atoms with van der Waals surface area (Å²) < 4.78 is 6.81. The molecular formula is C22H21ClN4O5. The van der Waals surface area contributed by atoms with Gasteiger partial charge in [0, 0.05) is 30.2 Å². The summed E-state index contributed by atoms with van der Waals surface area (Å²) in [5.74, 6) is -1.06. The summed E-state index contributed by atoms with van der Waals surface area (Å²) in [6.07, 6.45) is 1.85. The van der Waals surface area contributed by atoms with E-state index >= 15 is 0 Å². The average Bonchev–Trinajstić information content (AvgIpc) is 3.64. The second-order valence-corrected chi connectivity index (χ2v) is 8.07. The summed E-state index contributed by atoms with van der Waals surface area (Å²) >= 11 is 6.09. The van der Waals surface area contributed by atoms with Crippen LogP contribution in [0.4, 0.5) is 0 Å². The highest BCUT2D eigenvalue weighted by Gasteiger charge is 2.29. The minimum atomic E-state index is -0.772. The number of nitrogens with zero attached hydrogens (tertiary/aromatic N) is 3. The number of aromatic nitrogens is 3. The molecule has 1 saturated carbocycles. The average molecular weight is 457 g/mol. The van der Waals surface area contributed by atoms with Crippen LogP contribution in [0, 0.1) is 0 Å². The van der Waals surface area contributed by atoms with E-state index in [4.69, 9.17) is 16.3 Å². The molecule has 0 saturated heterocycles. The highest BCUT2D eigenvalue weighted by molar-refractivity contribution is 6.31. The first-order valence-corrected chi connectivity index (χ1v) is 10.4. The molecule has 0 unspecified atom stereocenters. The number of amides is 1. The number of benzene rings is 1. The Morgan fingerprint density at radius 3 is 2.62 bits per heavy atom. The lowest BCUT2D eigenvalue weighted by molar-refractivity contribution is -0.121. The maximum Gasteiger partial charge on any atom is 0.338 e. The lowest BCUT2D eigenvalue weighted by Gasteiger charge is -2.14. The van der Waals surface area contributed by atoms with E-state index in [1.54, 1.807) is 30.3 Å². The Hall–Kier alpha value is -3.46. The molecule has 0 bridgehead atoms. The van der Waals surface area contributed by atoms with Crippen LogP contribution in [0.25, 0.3) is 11.0 Å². The second kappa shape index (κ2) is 8.58. The van der Waals surface area contributed by atoms with Crippen LogP contribution in [0.2, 0.25) is 5.02 Å². The van der Waals surface area contributed by atoms with Gasteiger partial charge in [0.15, 0.2) is 0 Å². The van der Waals surface area contributed by atoms with Crippen molar-refractivity contribution in [2.24, 2.45) is 7.05 Å². The lowest BCUT2D eigenvalue weighted by atomic mass is 10.1. The molecule has 0 spiro atoms. The number of nitrogens with one attached hydrogen (secondary N) is 1. The number of carbonyl (C=O) groups is 2. The number of rotatable bonds is 6. The predicted molar refractivity (Wildman–Crippen MR) is 118 cm³/mol. The summed E-state index contributed by atoms with van der Waals surface area (Å²) in [5, 5.41) is 3.09. The second-order valence-electron chi connectivity index (χ2n) is 7.66. The fourth-order valence-corrected chi connectivity index (χ4v) is 3.73. The van der Waals surface area contributed by atoms with Crippen LogP contribution < -0.4 is 16.6 Å². The molecule has 1 aliphatic rings. The summed E-state index contributed by atoms with van der Waals surface area (Å²) in [4.78, 5) is 55.5. The lowest BCUT2D eigenvalue weighted by Crippen LogP contribution is -2.43. The highest BCUT2D eigenvalue weighted by atomic mass is 35.5. The molecular weight excluding hydrogens is 436 g/mol. The van der Waals surface area contributed by atoms with E-state index in [0.29, 0.717) is 16.3 Å². The molecule has 9 nitrogen and oxygen atoms in total. The summed E-state index contributed by atoms with van der Waals surface area (Å²) in [7, 11) is 2.67. The van der Waals surface area contributed by atoms with Crippen LogP contribution in [-0.2, 0) is 29.7 Å². The van der Waals surface area contributed by atoms with Gasteiger partial charge >= 0.3 is 11.7 Å². The predicted octanol–water partition coefficient (Wildman–Crippen LogP) is 1.73. The molecule has 166 valence electrons. The minimum absolute atomic E-state index is 0.0326. The van der Waals surface area contributed by atoms with Crippen molar-refractivity contribution in [3.05, 3.63) is 73.0 Å². The van der Waals surface area contributed by atoms with Crippen molar-refractivity contribution in [1.82, 2.24) is 19.4 Å². The molecule has 2 aromatic heterocycles. The Morgan fingerprint density at radius 1 is 1.25 bits per heavy atom. The van der Waals surface area contributed by atoms with Crippen molar-refractivity contribution in [1.29, 1.82) is 0 Å². The highest BCUT2D eigenvalue weighted by Crippen LogP contribution is 2.39. The van der Waals surface area contributed by atoms with Crippen molar-refractivity contribution in [3.8, 4) is 0 Å². The topological polar surface area (TPSA) is 112 Å². The molecule has 0 aliphatic heterocycles. The Labute approximate surface area is 187 Å². The van der Waals surface area contributed by atoms with Gasteiger partial charge in [-0.1, -0.05) is 29.8 Å². The summed E-state index contributed by atoms with van der Waals surface area (Å²) in [6, 6.07) is 8.56. The first-order chi connectivity index (χ1) is 15.3. The fraction of sp³-hybridized carbons (Fsp3) is 0.318. The zero-order chi connectivity index (χ0) is 23.0.